The van der Waals surface area contributed by atoms with E-state index in [2.05, 4.69) is 0 Å². The standard InChI is InChI=1S/C29H34N2O4S/c1-34-24-15-16-26(27(18-24)35-2)29(33)31(23-12-7-4-8-13-23)21-28(32)30(20-25-14-9-17-36-25)19-22-10-5-3-6-11-22/h3,5-6,9-11,14-18,23H,4,7-8,12-13,19-21H2,1-2H3. The van der Waals surface area contributed by atoms with Gasteiger partial charge in [0.15, 0.2) is 0 Å². The number of ether oxygens (including phenoxy) is 2. The second kappa shape index (κ2) is 12.6. The SMILES string of the molecule is COc1ccc(C(=O)N(CC(=O)N(Cc2ccccc2)Cc2cccs2)C2CCCCC2)c(OC)c1. The Kier molecular flexibility index (Phi) is 9.01. The lowest BCUT2D eigenvalue weighted by Crippen LogP contribution is -2.48. The number of methoxy groups -OCH3 is 2. The molecule has 190 valence electrons. The Labute approximate surface area is 217 Å². The second-order valence-electron chi connectivity index (χ2n) is 9.11. The molecule has 36 heavy (non-hydrogen) atoms. The molecule has 2 aromatic carbocycles. The molecule has 0 saturated heterocycles. The van der Waals surface area contributed by atoms with Crippen molar-refractivity contribution in [1.29, 1.82) is 0 Å². The van der Waals surface area contributed by atoms with E-state index in [1.807, 2.05) is 52.7 Å². The Morgan fingerprint density at radius 1 is 0.917 bits per heavy atom. The smallest absolute Gasteiger partial charge is 0.258 e. The van der Waals surface area contributed by atoms with Gasteiger partial charge in [-0.15, -0.1) is 11.3 Å². The molecule has 1 saturated carbocycles. The summed E-state index contributed by atoms with van der Waals surface area (Å²) in [5.41, 5.74) is 1.51. The fraction of sp³-hybridized carbons (Fsp3) is 0.379. The highest BCUT2D eigenvalue weighted by atomic mass is 32.1. The number of rotatable bonds is 10. The zero-order valence-electron chi connectivity index (χ0n) is 21.0. The van der Waals surface area contributed by atoms with E-state index in [9.17, 15) is 9.59 Å². The summed E-state index contributed by atoms with van der Waals surface area (Å²) in [7, 11) is 3.13. The predicted octanol–water partition coefficient (Wildman–Crippen LogP) is 5.77. The van der Waals surface area contributed by atoms with Crippen molar-refractivity contribution in [3.05, 3.63) is 82.0 Å². The lowest BCUT2D eigenvalue weighted by Gasteiger charge is -2.36. The minimum Gasteiger partial charge on any atom is -0.497 e. The van der Waals surface area contributed by atoms with Gasteiger partial charge in [-0.1, -0.05) is 55.7 Å². The molecule has 0 unspecified atom stereocenters. The van der Waals surface area contributed by atoms with E-state index < -0.39 is 0 Å². The van der Waals surface area contributed by atoms with Gasteiger partial charge in [-0.05, 0) is 42.0 Å². The number of carbonyl (C=O) groups is 2. The number of benzene rings is 2. The molecule has 0 atom stereocenters. The number of amides is 2. The molecule has 0 bridgehead atoms. The molecule has 2 amide bonds. The van der Waals surface area contributed by atoms with Gasteiger partial charge in [0.25, 0.3) is 5.91 Å². The van der Waals surface area contributed by atoms with Gasteiger partial charge < -0.3 is 19.3 Å². The fourth-order valence-corrected chi connectivity index (χ4v) is 5.48. The summed E-state index contributed by atoms with van der Waals surface area (Å²) in [5, 5.41) is 2.02. The average Bonchev–Trinajstić information content (AvgIpc) is 3.44. The molecule has 1 aromatic heterocycles. The highest BCUT2D eigenvalue weighted by Gasteiger charge is 2.31. The van der Waals surface area contributed by atoms with Gasteiger partial charge in [0.1, 0.15) is 18.0 Å². The van der Waals surface area contributed by atoms with Gasteiger partial charge in [-0.25, -0.2) is 0 Å². The third-order valence-corrected chi connectivity index (χ3v) is 7.58. The Hall–Kier alpha value is -3.32. The Morgan fingerprint density at radius 3 is 2.36 bits per heavy atom. The summed E-state index contributed by atoms with van der Waals surface area (Å²) in [6.07, 6.45) is 5.09. The first kappa shape index (κ1) is 25.8. The van der Waals surface area contributed by atoms with Crippen LogP contribution in [0.4, 0.5) is 0 Å². The van der Waals surface area contributed by atoms with Crippen LogP contribution in [0.5, 0.6) is 11.5 Å². The van der Waals surface area contributed by atoms with Crippen LogP contribution in [0.1, 0.15) is 52.9 Å². The van der Waals surface area contributed by atoms with Crippen molar-refractivity contribution in [3.63, 3.8) is 0 Å². The molecule has 7 heteroatoms. The van der Waals surface area contributed by atoms with Crippen LogP contribution in [0.15, 0.2) is 66.0 Å². The molecule has 0 N–H and O–H groups in total. The second-order valence-corrected chi connectivity index (χ2v) is 10.1. The van der Waals surface area contributed by atoms with Crippen LogP contribution in [0.25, 0.3) is 0 Å². The van der Waals surface area contributed by atoms with Crippen LogP contribution in [-0.4, -0.2) is 48.4 Å². The minimum atomic E-state index is -0.175. The molecule has 1 heterocycles. The summed E-state index contributed by atoms with van der Waals surface area (Å²) < 4.78 is 10.8. The third-order valence-electron chi connectivity index (χ3n) is 6.72. The van der Waals surface area contributed by atoms with Crippen LogP contribution in [-0.2, 0) is 17.9 Å². The maximum absolute atomic E-state index is 13.9. The van der Waals surface area contributed by atoms with E-state index in [0.29, 0.717) is 30.2 Å². The van der Waals surface area contributed by atoms with Crippen molar-refractivity contribution in [2.45, 2.75) is 51.2 Å². The summed E-state index contributed by atoms with van der Waals surface area (Å²) in [5.74, 6) is 0.838. The molecular weight excluding hydrogens is 472 g/mol. The minimum absolute atomic E-state index is 0.0299. The molecule has 0 aliphatic heterocycles. The van der Waals surface area contributed by atoms with Crippen LogP contribution < -0.4 is 9.47 Å². The third kappa shape index (κ3) is 6.46. The summed E-state index contributed by atoms with van der Waals surface area (Å²) in [4.78, 5) is 32.4. The molecule has 0 spiro atoms. The number of nitrogens with zero attached hydrogens (tertiary/aromatic N) is 2. The molecule has 4 rings (SSSR count). The van der Waals surface area contributed by atoms with Crippen molar-refractivity contribution in [3.8, 4) is 11.5 Å². The Morgan fingerprint density at radius 2 is 1.69 bits per heavy atom. The summed E-state index contributed by atoms with van der Waals surface area (Å²) >= 11 is 1.63. The lowest BCUT2D eigenvalue weighted by molar-refractivity contribution is -0.133. The van der Waals surface area contributed by atoms with Gasteiger partial charge in [-0.2, -0.15) is 0 Å². The maximum Gasteiger partial charge on any atom is 0.258 e. The number of thiophene rings is 1. The van der Waals surface area contributed by atoms with Crippen molar-refractivity contribution in [2.24, 2.45) is 0 Å². The van der Waals surface area contributed by atoms with Crippen LogP contribution in [0.2, 0.25) is 0 Å². The van der Waals surface area contributed by atoms with Crippen molar-refractivity contribution in [1.82, 2.24) is 9.80 Å². The maximum atomic E-state index is 13.9. The van der Waals surface area contributed by atoms with Crippen molar-refractivity contribution in [2.75, 3.05) is 20.8 Å². The van der Waals surface area contributed by atoms with Gasteiger partial charge in [0.05, 0.1) is 26.3 Å². The van der Waals surface area contributed by atoms with E-state index in [1.54, 1.807) is 48.7 Å². The summed E-state index contributed by atoms with van der Waals surface area (Å²) in [6.45, 7) is 1.05. The van der Waals surface area contributed by atoms with E-state index in [0.717, 1.165) is 42.5 Å². The Bertz CT molecular complexity index is 1130. The lowest BCUT2D eigenvalue weighted by atomic mass is 9.93. The molecule has 0 radical (unpaired) electrons. The number of carbonyl (C=O) groups excluding carboxylic acids is 2. The molecule has 1 aliphatic rings. The average molecular weight is 507 g/mol. The number of hydrogen-bond donors (Lipinski definition) is 0. The van der Waals surface area contributed by atoms with Gasteiger partial charge in [0, 0.05) is 23.5 Å². The highest BCUT2D eigenvalue weighted by Crippen LogP contribution is 2.29. The molecular formula is C29H34N2O4S. The van der Waals surface area contributed by atoms with Crippen molar-refractivity contribution >= 4 is 23.2 Å². The van der Waals surface area contributed by atoms with Gasteiger partial charge in [-0.3, -0.25) is 9.59 Å². The molecule has 1 aliphatic carbocycles. The largest absolute Gasteiger partial charge is 0.497 e. The van der Waals surface area contributed by atoms with Crippen LogP contribution >= 0.6 is 11.3 Å². The number of hydrogen-bond acceptors (Lipinski definition) is 5. The first-order valence-corrected chi connectivity index (χ1v) is 13.3. The fourth-order valence-electron chi connectivity index (χ4n) is 4.76. The summed E-state index contributed by atoms with van der Waals surface area (Å²) in [6, 6.07) is 19.3. The zero-order valence-corrected chi connectivity index (χ0v) is 21.8. The predicted molar refractivity (Wildman–Crippen MR) is 142 cm³/mol. The highest BCUT2D eigenvalue weighted by molar-refractivity contribution is 7.09. The van der Waals surface area contributed by atoms with E-state index in [-0.39, 0.29) is 24.4 Å². The monoisotopic (exact) mass is 506 g/mol. The van der Waals surface area contributed by atoms with Crippen LogP contribution in [0, 0.1) is 0 Å². The first-order chi connectivity index (χ1) is 17.6. The van der Waals surface area contributed by atoms with E-state index in [1.165, 1.54) is 0 Å². The quantitative estimate of drug-likeness (QED) is 0.350. The first-order valence-electron chi connectivity index (χ1n) is 12.5. The van der Waals surface area contributed by atoms with Gasteiger partial charge in [0.2, 0.25) is 5.91 Å². The van der Waals surface area contributed by atoms with Gasteiger partial charge >= 0.3 is 0 Å². The molecule has 3 aromatic rings. The normalized spacial score (nSPS) is 13.7. The molecule has 1 fully saturated rings. The van der Waals surface area contributed by atoms with E-state index in [4.69, 9.17) is 9.47 Å². The Balaban J connectivity index is 1.61. The zero-order chi connectivity index (χ0) is 25.3. The molecule has 6 nitrogen and oxygen atoms in total. The van der Waals surface area contributed by atoms with E-state index >= 15 is 0 Å². The topological polar surface area (TPSA) is 59.1 Å². The van der Waals surface area contributed by atoms with Crippen LogP contribution in [0.3, 0.4) is 0 Å². The van der Waals surface area contributed by atoms with Crippen molar-refractivity contribution < 1.29 is 19.1 Å².